The summed E-state index contributed by atoms with van der Waals surface area (Å²) in [5.41, 5.74) is 1.29. The summed E-state index contributed by atoms with van der Waals surface area (Å²) in [5, 5.41) is 4.00. The van der Waals surface area contributed by atoms with E-state index >= 15 is 0 Å². The Balaban J connectivity index is 2.08. The van der Waals surface area contributed by atoms with E-state index in [1.807, 2.05) is 30.2 Å². The van der Waals surface area contributed by atoms with E-state index < -0.39 is 0 Å². The molecule has 1 aromatic rings. The Bertz CT molecular complexity index is 263. The number of hydrogen-bond acceptors (Lipinski definition) is 3. The monoisotopic (exact) mass is 194 g/mol. The van der Waals surface area contributed by atoms with Crippen LogP contribution < -0.4 is 5.32 Å². The molecule has 0 bridgehead atoms. The van der Waals surface area contributed by atoms with E-state index in [-0.39, 0.29) is 0 Å². The molecule has 1 fully saturated rings. The Labute approximate surface area is 83.1 Å². The van der Waals surface area contributed by atoms with Crippen molar-refractivity contribution in [2.75, 3.05) is 5.75 Å². The lowest BCUT2D eigenvalue weighted by Gasteiger charge is -2.28. The SMILES string of the molecule is CC1CCSC(c2cccnc2)N1. The molecule has 0 radical (unpaired) electrons. The zero-order valence-corrected chi connectivity index (χ0v) is 8.55. The van der Waals surface area contributed by atoms with Crippen LogP contribution in [0.3, 0.4) is 0 Å². The van der Waals surface area contributed by atoms with Gasteiger partial charge in [0.1, 0.15) is 0 Å². The Morgan fingerprint density at radius 1 is 1.62 bits per heavy atom. The van der Waals surface area contributed by atoms with Crippen molar-refractivity contribution in [1.29, 1.82) is 0 Å². The molecule has 0 aromatic carbocycles. The fourth-order valence-corrected chi connectivity index (χ4v) is 2.86. The normalized spacial score (nSPS) is 28.7. The molecule has 1 saturated heterocycles. The standard InChI is InChI=1S/C10H14N2S/c1-8-4-6-13-10(12-8)9-3-2-5-11-7-9/h2-3,5,7-8,10,12H,4,6H2,1H3. The van der Waals surface area contributed by atoms with Crippen LogP contribution in [0.5, 0.6) is 0 Å². The van der Waals surface area contributed by atoms with Gasteiger partial charge in [-0.1, -0.05) is 6.07 Å². The van der Waals surface area contributed by atoms with E-state index in [0.717, 1.165) is 0 Å². The van der Waals surface area contributed by atoms with Gasteiger partial charge in [0.25, 0.3) is 0 Å². The fraction of sp³-hybridized carbons (Fsp3) is 0.500. The van der Waals surface area contributed by atoms with E-state index in [1.165, 1.54) is 17.7 Å². The van der Waals surface area contributed by atoms with E-state index in [4.69, 9.17) is 0 Å². The second-order valence-corrected chi connectivity index (χ2v) is 4.61. The minimum absolute atomic E-state index is 0.442. The first-order chi connectivity index (χ1) is 6.36. The van der Waals surface area contributed by atoms with Gasteiger partial charge in [-0.2, -0.15) is 0 Å². The van der Waals surface area contributed by atoms with Gasteiger partial charge in [-0.15, -0.1) is 11.8 Å². The number of nitrogens with one attached hydrogen (secondary N) is 1. The highest BCUT2D eigenvalue weighted by molar-refractivity contribution is 7.99. The van der Waals surface area contributed by atoms with Gasteiger partial charge in [-0.3, -0.25) is 10.3 Å². The summed E-state index contributed by atoms with van der Waals surface area (Å²) < 4.78 is 0. The number of hydrogen-bond donors (Lipinski definition) is 1. The maximum absolute atomic E-state index is 4.13. The third-order valence-electron chi connectivity index (χ3n) is 2.26. The lowest BCUT2D eigenvalue weighted by Crippen LogP contribution is -2.33. The minimum Gasteiger partial charge on any atom is -0.299 e. The molecule has 2 nitrogen and oxygen atoms in total. The first-order valence-electron chi connectivity index (χ1n) is 4.64. The molecule has 1 N–H and O–H groups in total. The van der Waals surface area contributed by atoms with E-state index in [0.29, 0.717) is 11.4 Å². The van der Waals surface area contributed by atoms with Crippen molar-refractivity contribution in [3.63, 3.8) is 0 Å². The number of aromatic nitrogens is 1. The van der Waals surface area contributed by atoms with Crippen LogP contribution >= 0.6 is 11.8 Å². The lowest BCUT2D eigenvalue weighted by molar-refractivity contribution is 0.511. The van der Waals surface area contributed by atoms with Crippen LogP contribution in [0.25, 0.3) is 0 Å². The molecule has 0 amide bonds. The third kappa shape index (κ3) is 2.23. The molecule has 2 atom stereocenters. The second-order valence-electron chi connectivity index (χ2n) is 3.39. The van der Waals surface area contributed by atoms with Crippen LogP contribution in [0, 0.1) is 0 Å². The van der Waals surface area contributed by atoms with Gasteiger partial charge in [0.15, 0.2) is 0 Å². The summed E-state index contributed by atoms with van der Waals surface area (Å²) in [6.07, 6.45) is 5.03. The Hall–Kier alpha value is -0.540. The summed E-state index contributed by atoms with van der Waals surface area (Å²) >= 11 is 1.97. The van der Waals surface area contributed by atoms with Crippen molar-refractivity contribution in [3.05, 3.63) is 30.1 Å². The molecule has 1 aliphatic rings. The van der Waals surface area contributed by atoms with Crippen molar-refractivity contribution < 1.29 is 0 Å². The Kier molecular flexibility index (Phi) is 2.86. The van der Waals surface area contributed by atoms with E-state index in [2.05, 4.69) is 23.3 Å². The predicted octanol–water partition coefficient (Wildman–Crippen LogP) is 2.20. The highest BCUT2D eigenvalue weighted by Gasteiger charge is 2.19. The van der Waals surface area contributed by atoms with Gasteiger partial charge in [-0.05, 0) is 30.7 Å². The summed E-state index contributed by atoms with van der Waals surface area (Å²) in [7, 11) is 0. The quantitative estimate of drug-likeness (QED) is 0.742. The molecule has 0 aliphatic carbocycles. The van der Waals surface area contributed by atoms with Gasteiger partial charge in [0.2, 0.25) is 0 Å². The van der Waals surface area contributed by atoms with Crippen molar-refractivity contribution in [2.45, 2.75) is 24.8 Å². The first-order valence-corrected chi connectivity index (χ1v) is 5.69. The number of rotatable bonds is 1. The molecule has 2 heterocycles. The maximum Gasteiger partial charge on any atom is 0.0806 e. The number of thioether (sulfide) groups is 1. The smallest absolute Gasteiger partial charge is 0.0806 e. The molecule has 1 aliphatic heterocycles. The summed E-state index contributed by atoms with van der Waals surface area (Å²) in [4.78, 5) is 4.13. The predicted molar refractivity (Wildman–Crippen MR) is 56.7 cm³/mol. The molecule has 70 valence electrons. The van der Waals surface area contributed by atoms with Crippen molar-refractivity contribution in [1.82, 2.24) is 10.3 Å². The Morgan fingerprint density at radius 3 is 3.23 bits per heavy atom. The second kappa shape index (κ2) is 4.11. The zero-order valence-electron chi connectivity index (χ0n) is 7.73. The summed E-state index contributed by atoms with van der Waals surface area (Å²) in [6, 6.07) is 4.76. The average Bonchev–Trinajstić information content (AvgIpc) is 2.19. The van der Waals surface area contributed by atoms with E-state index in [9.17, 15) is 0 Å². The van der Waals surface area contributed by atoms with E-state index in [1.54, 1.807) is 0 Å². The molecule has 2 rings (SSSR count). The topological polar surface area (TPSA) is 24.9 Å². The molecule has 2 unspecified atom stereocenters. The van der Waals surface area contributed by atoms with Crippen LogP contribution in [-0.2, 0) is 0 Å². The van der Waals surface area contributed by atoms with Gasteiger partial charge >= 0.3 is 0 Å². The molecule has 0 saturated carbocycles. The fourth-order valence-electron chi connectivity index (χ4n) is 1.48. The molecular formula is C10H14N2S. The van der Waals surface area contributed by atoms with Gasteiger partial charge in [0.05, 0.1) is 5.37 Å². The molecule has 1 aromatic heterocycles. The molecule has 13 heavy (non-hydrogen) atoms. The first kappa shape index (κ1) is 9.03. The highest BCUT2D eigenvalue weighted by Crippen LogP contribution is 2.30. The highest BCUT2D eigenvalue weighted by atomic mass is 32.2. The van der Waals surface area contributed by atoms with Crippen LogP contribution in [0.1, 0.15) is 24.3 Å². The molecule has 0 spiro atoms. The maximum atomic E-state index is 4.13. The van der Waals surface area contributed by atoms with Gasteiger partial charge in [0, 0.05) is 18.4 Å². The van der Waals surface area contributed by atoms with Crippen LogP contribution in [0.2, 0.25) is 0 Å². The number of nitrogens with zero attached hydrogens (tertiary/aromatic N) is 1. The van der Waals surface area contributed by atoms with Crippen molar-refractivity contribution in [3.8, 4) is 0 Å². The summed E-state index contributed by atoms with van der Waals surface area (Å²) in [5.74, 6) is 1.24. The summed E-state index contributed by atoms with van der Waals surface area (Å²) in [6.45, 7) is 2.24. The van der Waals surface area contributed by atoms with Gasteiger partial charge < -0.3 is 0 Å². The Morgan fingerprint density at radius 2 is 2.54 bits per heavy atom. The minimum atomic E-state index is 0.442. The van der Waals surface area contributed by atoms with Crippen LogP contribution in [0.15, 0.2) is 24.5 Å². The van der Waals surface area contributed by atoms with Crippen LogP contribution in [-0.4, -0.2) is 16.8 Å². The van der Waals surface area contributed by atoms with Crippen molar-refractivity contribution >= 4 is 11.8 Å². The average molecular weight is 194 g/mol. The molecular weight excluding hydrogens is 180 g/mol. The largest absolute Gasteiger partial charge is 0.299 e. The van der Waals surface area contributed by atoms with Gasteiger partial charge in [-0.25, -0.2) is 0 Å². The van der Waals surface area contributed by atoms with Crippen LogP contribution in [0.4, 0.5) is 0 Å². The van der Waals surface area contributed by atoms with Crippen molar-refractivity contribution in [2.24, 2.45) is 0 Å². The number of pyridine rings is 1. The lowest BCUT2D eigenvalue weighted by atomic mass is 10.2. The molecule has 3 heteroatoms. The third-order valence-corrected chi connectivity index (χ3v) is 3.47. The zero-order chi connectivity index (χ0) is 9.10.